The number of aliphatic carboxylic acids is 1. The van der Waals surface area contributed by atoms with Crippen molar-refractivity contribution in [1.29, 1.82) is 0 Å². The Morgan fingerprint density at radius 1 is 1.30 bits per heavy atom. The van der Waals surface area contributed by atoms with E-state index in [0.29, 0.717) is 0 Å². The van der Waals surface area contributed by atoms with Crippen molar-refractivity contribution >= 4 is 17.8 Å². The Labute approximate surface area is 157 Å². The van der Waals surface area contributed by atoms with Gasteiger partial charge >= 0.3 is 5.97 Å². The van der Waals surface area contributed by atoms with Gasteiger partial charge in [0.1, 0.15) is 16.8 Å². The van der Waals surface area contributed by atoms with Gasteiger partial charge in [0, 0.05) is 4.92 Å². The lowest BCUT2D eigenvalue weighted by Crippen LogP contribution is -2.68. The van der Waals surface area contributed by atoms with Crippen LogP contribution in [-0.2, 0) is 9.59 Å². The van der Waals surface area contributed by atoms with E-state index in [1.54, 1.807) is 37.3 Å². The summed E-state index contributed by atoms with van der Waals surface area (Å²) in [6.45, 7) is 4.12. The topological polar surface area (TPSA) is 118 Å². The number of hydrogen-bond acceptors (Lipinski definition) is 5. The fourth-order valence-electron chi connectivity index (χ4n) is 4.63. The Morgan fingerprint density at radius 3 is 2.33 bits per heavy atom. The van der Waals surface area contributed by atoms with Crippen LogP contribution in [0.25, 0.3) is 6.08 Å². The van der Waals surface area contributed by atoms with Crippen molar-refractivity contribution in [3.8, 4) is 0 Å². The monoisotopic (exact) mass is 375 g/mol. The highest BCUT2D eigenvalue weighted by Gasteiger charge is 2.72. The number of Topliss-reactive ketones (excluding diaryl/α,β-unsaturated/α-hetero) is 1. The maximum atomic E-state index is 12.6. The molecule has 1 saturated carbocycles. The molecular formula is C20H25NO6. The Kier molecular flexibility index (Phi) is 5.56. The molecule has 146 valence electrons. The van der Waals surface area contributed by atoms with Crippen LogP contribution in [0.3, 0.4) is 0 Å². The van der Waals surface area contributed by atoms with E-state index in [2.05, 4.69) is 0 Å². The number of carbonyl (C=O) groups excluding carboxylic acids is 1. The molecule has 0 heterocycles. The summed E-state index contributed by atoms with van der Waals surface area (Å²) in [6, 6.07) is 7.31. The first-order valence-electron chi connectivity index (χ1n) is 8.90. The Hall–Kier alpha value is -2.54. The lowest BCUT2D eigenvalue weighted by Gasteiger charge is -2.53. The quantitative estimate of drug-likeness (QED) is 0.448. The molecule has 1 aromatic carbocycles. The molecule has 1 aliphatic rings. The van der Waals surface area contributed by atoms with Crippen molar-refractivity contribution in [2.24, 2.45) is 10.8 Å². The van der Waals surface area contributed by atoms with E-state index >= 15 is 0 Å². The van der Waals surface area contributed by atoms with Crippen LogP contribution in [0.4, 0.5) is 0 Å². The minimum absolute atomic E-state index is 0.0179. The molecule has 27 heavy (non-hydrogen) atoms. The summed E-state index contributed by atoms with van der Waals surface area (Å²) < 4.78 is 0. The van der Waals surface area contributed by atoms with Gasteiger partial charge in [0.25, 0.3) is 6.04 Å². The van der Waals surface area contributed by atoms with Gasteiger partial charge in [-0.15, -0.1) is 0 Å². The van der Waals surface area contributed by atoms with E-state index in [0.717, 1.165) is 12.5 Å². The number of carboxylic acid groups (broad SMARTS) is 1. The molecule has 7 heteroatoms. The van der Waals surface area contributed by atoms with Crippen molar-refractivity contribution in [3.05, 3.63) is 52.1 Å². The second-order valence-corrected chi connectivity index (χ2v) is 7.45. The van der Waals surface area contributed by atoms with Gasteiger partial charge in [-0.25, -0.2) is 0 Å². The van der Waals surface area contributed by atoms with Crippen LogP contribution in [-0.4, -0.2) is 38.5 Å². The summed E-state index contributed by atoms with van der Waals surface area (Å²) in [4.78, 5) is 36.3. The molecule has 4 atom stereocenters. The van der Waals surface area contributed by atoms with E-state index in [9.17, 15) is 29.9 Å². The molecule has 0 unspecified atom stereocenters. The second-order valence-electron chi connectivity index (χ2n) is 7.45. The zero-order chi connectivity index (χ0) is 20.5. The molecule has 0 aliphatic heterocycles. The molecule has 1 aromatic rings. The normalized spacial score (nSPS) is 33.7. The first kappa shape index (κ1) is 20.8. The van der Waals surface area contributed by atoms with Gasteiger partial charge in [-0.05, 0) is 38.7 Å². The minimum atomic E-state index is -1.98. The van der Waals surface area contributed by atoms with Crippen LogP contribution in [0.2, 0.25) is 0 Å². The van der Waals surface area contributed by atoms with Crippen LogP contribution in [0.15, 0.2) is 36.4 Å². The Bertz CT molecular complexity index is 756. The summed E-state index contributed by atoms with van der Waals surface area (Å²) in [5, 5.41) is 32.8. The van der Waals surface area contributed by atoms with Gasteiger partial charge in [-0.1, -0.05) is 49.4 Å². The number of rotatable bonds is 6. The number of ketones is 1. The number of aliphatic hydroxyl groups is 1. The van der Waals surface area contributed by atoms with Gasteiger partial charge in [-0.3, -0.25) is 19.7 Å². The fourth-order valence-corrected chi connectivity index (χ4v) is 4.63. The Morgan fingerprint density at radius 2 is 1.89 bits per heavy atom. The smallest absolute Gasteiger partial charge is 0.318 e. The van der Waals surface area contributed by atoms with Crippen LogP contribution < -0.4 is 0 Å². The average Bonchev–Trinajstić information content (AvgIpc) is 2.59. The third-order valence-corrected chi connectivity index (χ3v) is 6.01. The SMILES string of the molecule is CC[C@]1(C=Cc2ccccc2)[C@H]([N+](=O)[O-])[C@](C)(O)CC[C@@]1(C(C)=O)C(=O)O. The number of nitro groups is 1. The molecule has 0 saturated heterocycles. The highest BCUT2D eigenvalue weighted by molar-refractivity contribution is 6.03. The first-order chi connectivity index (χ1) is 12.5. The van der Waals surface area contributed by atoms with Gasteiger partial charge in [-0.2, -0.15) is 0 Å². The molecule has 0 aromatic heterocycles. The number of carboxylic acids is 1. The van der Waals surface area contributed by atoms with Crippen molar-refractivity contribution in [2.75, 3.05) is 0 Å². The standard InChI is InChI=1S/C20H25NO6/c1-4-19(11-10-15-8-6-5-7-9-15)16(21(26)27)18(3,25)12-13-20(19,14(2)22)17(23)24/h5-11,16,25H,4,12-13H2,1-3H3,(H,23,24)/t16-,18-,19+,20-/m1/s1. The molecule has 1 fully saturated rings. The van der Waals surface area contributed by atoms with E-state index in [1.165, 1.54) is 13.0 Å². The van der Waals surface area contributed by atoms with Crippen LogP contribution in [0, 0.1) is 20.9 Å². The fraction of sp³-hybridized carbons (Fsp3) is 0.500. The van der Waals surface area contributed by atoms with Crippen LogP contribution in [0.1, 0.15) is 45.6 Å². The van der Waals surface area contributed by atoms with E-state index < -0.39 is 39.1 Å². The molecule has 7 nitrogen and oxygen atoms in total. The molecule has 0 radical (unpaired) electrons. The molecular weight excluding hydrogens is 350 g/mol. The summed E-state index contributed by atoms with van der Waals surface area (Å²) in [5.74, 6) is -2.03. The maximum Gasteiger partial charge on any atom is 0.318 e. The number of nitrogens with zero attached hydrogens (tertiary/aromatic N) is 1. The lowest BCUT2D eigenvalue weighted by molar-refractivity contribution is -0.570. The zero-order valence-corrected chi connectivity index (χ0v) is 15.7. The predicted molar refractivity (Wildman–Crippen MR) is 99.6 cm³/mol. The molecule has 0 bridgehead atoms. The van der Waals surface area contributed by atoms with Crippen molar-refractivity contribution in [2.45, 2.75) is 51.7 Å². The van der Waals surface area contributed by atoms with Gasteiger partial charge in [0.2, 0.25) is 0 Å². The van der Waals surface area contributed by atoms with Crippen molar-refractivity contribution in [1.82, 2.24) is 0 Å². The largest absolute Gasteiger partial charge is 0.480 e. The molecule has 0 amide bonds. The molecule has 0 spiro atoms. The summed E-state index contributed by atoms with van der Waals surface area (Å²) >= 11 is 0. The van der Waals surface area contributed by atoms with Crippen LogP contribution >= 0.6 is 0 Å². The van der Waals surface area contributed by atoms with Gasteiger partial charge < -0.3 is 10.2 Å². The van der Waals surface area contributed by atoms with Crippen molar-refractivity contribution < 1.29 is 24.7 Å². The third kappa shape index (κ3) is 3.16. The molecule has 2 rings (SSSR count). The lowest BCUT2D eigenvalue weighted by atomic mass is 9.48. The van der Waals surface area contributed by atoms with E-state index in [4.69, 9.17) is 0 Å². The number of carbonyl (C=O) groups is 2. The van der Waals surface area contributed by atoms with Crippen LogP contribution in [0.5, 0.6) is 0 Å². The minimum Gasteiger partial charge on any atom is -0.480 e. The zero-order valence-electron chi connectivity index (χ0n) is 15.7. The average molecular weight is 375 g/mol. The van der Waals surface area contributed by atoms with Gasteiger partial charge in [0.05, 0.1) is 5.41 Å². The highest BCUT2D eigenvalue weighted by Crippen LogP contribution is 2.58. The predicted octanol–water partition coefficient (Wildman–Crippen LogP) is 2.95. The molecule has 1 aliphatic carbocycles. The maximum absolute atomic E-state index is 12.6. The highest BCUT2D eigenvalue weighted by atomic mass is 16.6. The van der Waals surface area contributed by atoms with E-state index in [-0.39, 0.29) is 19.3 Å². The second kappa shape index (κ2) is 7.23. The van der Waals surface area contributed by atoms with E-state index in [1.807, 2.05) is 6.07 Å². The van der Waals surface area contributed by atoms with Crippen molar-refractivity contribution in [3.63, 3.8) is 0 Å². The number of benzene rings is 1. The summed E-state index contributed by atoms with van der Waals surface area (Å²) in [7, 11) is 0. The summed E-state index contributed by atoms with van der Waals surface area (Å²) in [6.07, 6.45) is 2.76. The summed E-state index contributed by atoms with van der Waals surface area (Å²) in [5.41, 5.74) is -4.67. The first-order valence-corrected chi connectivity index (χ1v) is 8.90. The Balaban J connectivity index is 2.81. The number of hydrogen-bond donors (Lipinski definition) is 2. The van der Waals surface area contributed by atoms with Gasteiger partial charge in [0.15, 0.2) is 0 Å². The third-order valence-electron chi connectivity index (χ3n) is 6.01. The molecule has 2 N–H and O–H groups in total.